The molecule has 1 N–H and O–H groups in total. The van der Waals surface area contributed by atoms with Crippen molar-refractivity contribution in [1.82, 2.24) is 9.88 Å². The van der Waals surface area contributed by atoms with Crippen LogP contribution >= 0.6 is 11.6 Å². The van der Waals surface area contributed by atoms with E-state index in [0.29, 0.717) is 23.5 Å². The topological polar surface area (TPSA) is 88.4 Å². The van der Waals surface area contributed by atoms with Gasteiger partial charge in [-0.2, -0.15) is 0 Å². The molecule has 1 amide bonds. The summed E-state index contributed by atoms with van der Waals surface area (Å²) in [4.78, 5) is 29.6. The molecular formula is C20H15ClN4O3. The number of benzene rings is 2. The number of nitrogens with zero attached hydrogens (tertiary/aromatic N) is 3. The van der Waals surface area contributed by atoms with Gasteiger partial charge in [0.1, 0.15) is 11.2 Å². The molecule has 0 radical (unpaired) electrons. The van der Waals surface area contributed by atoms with Gasteiger partial charge in [0.25, 0.3) is 11.6 Å². The summed E-state index contributed by atoms with van der Waals surface area (Å²) in [5.41, 5.74) is 2.34. The summed E-state index contributed by atoms with van der Waals surface area (Å²) in [6, 6.07) is 17.5. The standard InChI is InChI=1S/C20H15ClN4O3/c21-16-9-8-14(11-17(16)25(27)28)23-19-18-15(7-4-10-22-18)20(26)24(19)12-13-5-2-1-3-6-13/h1-11,19,23H,12H2/t19-/m0/s1. The fourth-order valence-electron chi connectivity index (χ4n) is 3.23. The van der Waals surface area contributed by atoms with E-state index in [1.54, 1.807) is 29.3 Å². The summed E-state index contributed by atoms with van der Waals surface area (Å²) in [5.74, 6) is -0.145. The average molecular weight is 395 g/mol. The Morgan fingerprint density at radius 3 is 2.68 bits per heavy atom. The predicted octanol–water partition coefficient (Wildman–Crippen LogP) is 4.41. The van der Waals surface area contributed by atoms with Crippen LogP contribution in [-0.2, 0) is 6.54 Å². The van der Waals surface area contributed by atoms with Crippen molar-refractivity contribution < 1.29 is 9.72 Å². The second-order valence-electron chi connectivity index (χ2n) is 6.33. The van der Waals surface area contributed by atoms with Crippen LogP contribution in [0, 0.1) is 10.1 Å². The first-order chi connectivity index (χ1) is 13.5. The van der Waals surface area contributed by atoms with Gasteiger partial charge in [0.2, 0.25) is 0 Å². The molecule has 1 aliphatic heterocycles. The van der Waals surface area contributed by atoms with E-state index in [9.17, 15) is 14.9 Å². The van der Waals surface area contributed by atoms with Gasteiger partial charge in [-0.3, -0.25) is 19.9 Å². The molecule has 0 saturated carbocycles. The maximum absolute atomic E-state index is 12.9. The highest BCUT2D eigenvalue weighted by Crippen LogP contribution is 2.36. The Balaban J connectivity index is 1.70. The third-order valence-corrected chi connectivity index (χ3v) is 4.86. The van der Waals surface area contributed by atoms with Crippen LogP contribution in [0.3, 0.4) is 0 Å². The smallest absolute Gasteiger partial charge is 0.289 e. The zero-order valence-corrected chi connectivity index (χ0v) is 15.3. The number of rotatable bonds is 5. The number of amides is 1. The minimum absolute atomic E-state index is 0.0534. The Bertz CT molecular complexity index is 1060. The lowest BCUT2D eigenvalue weighted by atomic mass is 10.2. The highest BCUT2D eigenvalue weighted by atomic mass is 35.5. The number of aromatic nitrogens is 1. The predicted molar refractivity (Wildman–Crippen MR) is 105 cm³/mol. The number of fused-ring (bicyclic) bond motifs is 1. The van der Waals surface area contributed by atoms with Crippen LogP contribution in [0.1, 0.15) is 27.8 Å². The van der Waals surface area contributed by atoms with E-state index in [0.717, 1.165) is 5.56 Å². The first kappa shape index (κ1) is 17.9. The molecule has 1 aromatic heterocycles. The summed E-state index contributed by atoms with van der Waals surface area (Å²) in [6.07, 6.45) is 1.07. The van der Waals surface area contributed by atoms with Gasteiger partial charge < -0.3 is 10.2 Å². The molecule has 140 valence electrons. The number of carbonyl (C=O) groups is 1. The lowest BCUT2D eigenvalue weighted by Gasteiger charge is -2.26. The van der Waals surface area contributed by atoms with Crippen LogP contribution in [0.4, 0.5) is 11.4 Å². The maximum Gasteiger partial charge on any atom is 0.289 e. The number of nitrogens with one attached hydrogen (secondary N) is 1. The highest BCUT2D eigenvalue weighted by molar-refractivity contribution is 6.32. The third-order valence-electron chi connectivity index (χ3n) is 4.54. The Morgan fingerprint density at radius 2 is 1.93 bits per heavy atom. The van der Waals surface area contributed by atoms with Crippen LogP contribution in [0.25, 0.3) is 0 Å². The van der Waals surface area contributed by atoms with Gasteiger partial charge in [-0.15, -0.1) is 0 Å². The first-order valence-electron chi connectivity index (χ1n) is 8.55. The van der Waals surface area contributed by atoms with Crippen LogP contribution in [0.5, 0.6) is 0 Å². The molecule has 0 bridgehead atoms. The van der Waals surface area contributed by atoms with E-state index in [4.69, 9.17) is 11.6 Å². The molecule has 2 heterocycles. The van der Waals surface area contributed by atoms with Crippen molar-refractivity contribution in [2.75, 3.05) is 5.32 Å². The number of hydrogen-bond acceptors (Lipinski definition) is 5. The van der Waals surface area contributed by atoms with E-state index >= 15 is 0 Å². The molecule has 0 fully saturated rings. The Kier molecular flexibility index (Phi) is 4.67. The van der Waals surface area contributed by atoms with Crippen molar-refractivity contribution in [3.05, 3.63) is 98.8 Å². The Hall–Kier alpha value is -3.45. The molecule has 8 heteroatoms. The van der Waals surface area contributed by atoms with Crippen molar-refractivity contribution in [3.63, 3.8) is 0 Å². The zero-order chi connectivity index (χ0) is 19.7. The minimum Gasteiger partial charge on any atom is -0.360 e. The number of hydrogen-bond donors (Lipinski definition) is 1. The van der Waals surface area contributed by atoms with Gasteiger partial charge in [-0.1, -0.05) is 41.9 Å². The highest BCUT2D eigenvalue weighted by Gasteiger charge is 2.38. The number of nitro groups is 1. The Morgan fingerprint density at radius 1 is 1.14 bits per heavy atom. The largest absolute Gasteiger partial charge is 0.360 e. The second kappa shape index (κ2) is 7.28. The molecule has 2 aromatic carbocycles. The molecule has 0 unspecified atom stereocenters. The van der Waals surface area contributed by atoms with Gasteiger partial charge in [0.05, 0.1) is 16.2 Å². The maximum atomic E-state index is 12.9. The van der Waals surface area contributed by atoms with E-state index in [1.165, 1.54) is 12.1 Å². The Labute approximate surface area is 165 Å². The van der Waals surface area contributed by atoms with E-state index in [-0.39, 0.29) is 16.6 Å². The molecule has 0 saturated heterocycles. The number of pyridine rings is 1. The summed E-state index contributed by atoms with van der Waals surface area (Å²) >= 11 is 5.90. The van der Waals surface area contributed by atoms with Gasteiger partial charge in [-0.25, -0.2) is 0 Å². The van der Waals surface area contributed by atoms with E-state index in [2.05, 4.69) is 10.3 Å². The molecule has 7 nitrogen and oxygen atoms in total. The summed E-state index contributed by atoms with van der Waals surface area (Å²) < 4.78 is 0. The molecule has 28 heavy (non-hydrogen) atoms. The van der Waals surface area contributed by atoms with Gasteiger partial charge in [0, 0.05) is 24.5 Å². The lowest BCUT2D eigenvalue weighted by molar-refractivity contribution is -0.384. The fourth-order valence-corrected chi connectivity index (χ4v) is 3.41. The monoisotopic (exact) mass is 394 g/mol. The van der Waals surface area contributed by atoms with Gasteiger partial charge in [0.15, 0.2) is 0 Å². The van der Waals surface area contributed by atoms with E-state index in [1.807, 2.05) is 30.3 Å². The van der Waals surface area contributed by atoms with Crippen LogP contribution in [0.2, 0.25) is 5.02 Å². The normalized spacial score (nSPS) is 15.4. The van der Waals surface area contributed by atoms with Crippen molar-refractivity contribution in [1.29, 1.82) is 0 Å². The summed E-state index contributed by atoms with van der Waals surface area (Å²) in [5, 5.41) is 14.4. The van der Waals surface area contributed by atoms with Crippen LogP contribution in [0.15, 0.2) is 66.9 Å². The van der Waals surface area contributed by atoms with Crippen molar-refractivity contribution in [2.45, 2.75) is 12.7 Å². The van der Waals surface area contributed by atoms with Crippen molar-refractivity contribution >= 4 is 28.9 Å². The van der Waals surface area contributed by atoms with Gasteiger partial charge in [-0.05, 0) is 29.8 Å². The fraction of sp³-hybridized carbons (Fsp3) is 0.100. The molecule has 0 aliphatic carbocycles. The minimum atomic E-state index is -0.551. The molecule has 0 spiro atoms. The zero-order valence-electron chi connectivity index (χ0n) is 14.6. The first-order valence-corrected chi connectivity index (χ1v) is 8.92. The molecule has 4 rings (SSSR count). The molecular weight excluding hydrogens is 380 g/mol. The van der Waals surface area contributed by atoms with Gasteiger partial charge >= 0.3 is 0 Å². The van der Waals surface area contributed by atoms with E-state index < -0.39 is 11.1 Å². The second-order valence-corrected chi connectivity index (χ2v) is 6.73. The summed E-state index contributed by atoms with van der Waals surface area (Å²) in [7, 11) is 0. The number of carbonyl (C=O) groups excluding carboxylic acids is 1. The molecule has 3 aromatic rings. The van der Waals surface area contributed by atoms with Crippen molar-refractivity contribution in [2.24, 2.45) is 0 Å². The van der Waals surface area contributed by atoms with Crippen LogP contribution in [-0.4, -0.2) is 20.7 Å². The average Bonchev–Trinajstić information content (AvgIpc) is 2.96. The molecule has 1 aliphatic rings. The van der Waals surface area contributed by atoms with Crippen LogP contribution < -0.4 is 5.32 Å². The molecule has 1 atom stereocenters. The third kappa shape index (κ3) is 3.27. The number of anilines is 1. The number of halogens is 1. The lowest BCUT2D eigenvalue weighted by Crippen LogP contribution is -2.32. The van der Waals surface area contributed by atoms with Crippen molar-refractivity contribution in [3.8, 4) is 0 Å². The summed E-state index contributed by atoms with van der Waals surface area (Å²) in [6.45, 7) is 0.378. The quantitative estimate of drug-likeness (QED) is 0.511. The SMILES string of the molecule is O=C1c2cccnc2[C@@H](Nc2ccc(Cl)c([N+](=O)[O-])c2)N1Cc1ccccc1. The number of nitro benzene ring substituents is 1.